The van der Waals surface area contributed by atoms with Crippen LogP contribution in [-0.2, 0) is 11.2 Å². The van der Waals surface area contributed by atoms with Gasteiger partial charge in [-0.2, -0.15) is 5.10 Å². The van der Waals surface area contributed by atoms with Crippen molar-refractivity contribution in [3.63, 3.8) is 0 Å². The van der Waals surface area contributed by atoms with Crippen LogP contribution in [0.15, 0.2) is 47.6 Å². The molecule has 1 aliphatic rings. The van der Waals surface area contributed by atoms with Crippen LogP contribution in [-0.4, -0.2) is 11.6 Å². The minimum absolute atomic E-state index is 0.0400. The molecule has 1 N–H and O–H groups in total. The summed E-state index contributed by atoms with van der Waals surface area (Å²) in [5.74, 6) is 0.708. The first-order valence-electron chi connectivity index (χ1n) is 9.24. The largest absolute Gasteiger partial charge is 0.273 e. The van der Waals surface area contributed by atoms with Gasteiger partial charge in [0.25, 0.3) is 0 Å². The molecule has 3 nitrogen and oxygen atoms in total. The lowest BCUT2D eigenvalue weighted by Crippen LogP contribution is -2.28. The summed E-state index contributed by atoms with van der Waals surface area (Å²) in [5.41, 5.74) is 5.31. The highest BCUT2D eigenvalue weighted by molar-refractivity contribution is 5.91. The van der Waals surface area contributed by atoms with Gasteiger partial charge in [0.05, 0.1) is 6.42 Å². The number of hydrogen-bond acceptors (Lipinski definition) is 2. The van der Waals surface area contributed by atoms with Crippen molar-refractivity contribution in [2.24, 2.45) is 16.4 Å². The van der Waals surface area contributed by atoms with E-state index in [2.05, 4.69) is 49.5 Å². The van der Waals surface area contributed by atoms with Crippen molar-refractivity contribution in [2.45, 2.75) is 52.9 Å². The molecule has 0 bridgehead atoms. The Balaban J connectivity index is 1.58. The van der Waals surface area contributed by atoms with Crippen molar-refractivity contribution in [1.29, 1.82) is 0 Å². The maximum absolute atomic E-state index is 12.3. The molecule has 1 saturated carbocycles. The Morgan fingerprint density at radius 1 is 1.08 bits per heavy atom. The van der Waals surface area contributed by atoms with Crippen molar-refractivity contribution < 1.29 is 4.79 Å². The van der Waals surface area contributed by atoms with Gasteiger partial charge in [-0.3, -0.25) is 4.79 Å². The molecule has 0 aromatic heterocycles. The summed E-state index contributed by atoms with van der Waals surface area (Å²) >= 11 is 0. The minimum atomic E-state index is -0.0400. The molecular formula is C22H28N2O. The molecule has 132 valence electrons. The van der Waals surface area contributed by atoms with E-state index in [1.54, 1.807) is 0 Å². The monoisotopic (exact) mass is 336 g/mol. The Morgan fingerprint density at radius 2 is 1.76 bits per heavy atom. The SMILES string of the molecule is CC(C)(C)C1CCC(=NNC(=O)Cc2cccc3ccccc23)CC1. The molecule has 2 aromatic rings. The van der Waals surface area contributed by atoms with Crippen molar-refractivity contribution in [1.82, 2.24) is 5.43 Å². The summed E-state index contributed by atoms with van der Waals surface area (Å²) in [6.07, 6.45) is 4.69. The average Bonchev–Trinajstić information content (AvgIpc) is 2.60. The lowest BCUT2D eigenvalue weighted by molar-refractivity contribution is -0.120. The second kappa shape index (κ2) is 7.38. The van der Waals surface area contributed by atoms with Gasteiger partial charge in [-0.05, 0) is 53.4 Å². The fourth-order valence-electron chi connectivity index (χ4n) is 3.73. The number of hydrogen-bond donors (Lipinski definition) is 1. The number of amides is 1. The summed E-state index contributed by atoms with van der Waals surface area (Å²) in [5, 5.41) is 6.70. The zero-order valence-corrected chi connectivity index (χ0v) is 15.5. The minimum Gasteiger partial charge on any atom is -0.273 e. The second-order valence-corrected chi connectivity index (χ2v) is 8.17. The Kier molecular flexibility index (Phi) is 5.22. The van der Waals surface area contributed by atoms with E-state index in [0.717, 1.165) is 35.4 Å². The molecule has 0 heterocycles. The third kappa shape index (κ3) is 4.47. The highest BCUT2D eigenvalue weighted by atomic mass is 16.2. The molecule has 3 heteroatoms. The van der Waals surface area contributed by atoms with Gasteiger partial charge in [0.2, 0.25) is 5.91 Å². The number of nitrogens with zero attached hydrogens (tertiary/aromatic N) is 1. The smallest absolute Gasteiger partial charge is 0.244 e. The quantitative estimate of drug-likeness (QED) is 0.779. The Labute approximate surface area is 150 Å². The fourth-order valence-corrected chi connectivity index (χ4v) is 3.73. The lowest BCUT2D eigenvalue weighted by atomic mass is 9.72. The fraction of sp³-hybridized carbons (Fsp3) is 0.455. The summed E-state index contributed by atoms with van der Waals surface area (Å²) in [7, 11) is 0. The van der Waals surface area contributed by atoms with E-state index in [1.807, 2.05) is 24.3 Å². The first-order chi connectivity index (χ1) is 11.9. The standard InChI is InChI=1S/C22H28N2O/c1-22(2,3)18-11-13-19(14-12-18)23-24-21(25)15-17-9-6-8-16-7-4-5-10-20(16)17/h4-10,18H,11-15H2,1-3H3,(H,24,25). The molecule has 2 aromatic carbocycles. The molecule has 3 rings (SSSR count). The van der Waals surface area contributed by atoms with E-state index >= 15 is 0 Å². The molecule has 0 saturated heterocycles. The number of carbonyl (C=O) groups excluding carboxylic acids is 1. The molecular weight excluding hydrogens is 308 g/mol. The molecule has 0 aliphatic heterocycles. The van der Waals surface area contributed by atoms with Crippen LogP contribution in [0.2, 0.25) is 0 Å². The highest BCUT2D eigenvalue weighted by Gasteiger charge is 2.28. The van der Waals surface area contributed by atoms with Crippen molar-refractivity contribution >= 4 is 22.4 Å². The number of rotatable bonds is 3. The maximum Gasteiger partial charge on any atom is 0.244 e. The van der Waals surface area contributed by atoms with Gasteiger partial charge in [0, 0.05) is 5.71 Å². The van der Waals surface area contributed by atoms with Gasteiger partial charge in [0.15, 0.2) is 0 Å². The van der Waals surface area contributed by atoms with Gasteiger partial charge in [-0.25, -0.2) is 5.43 Å². The summed E-state index contributed by atoms with van der Waals surface area (Å²) in [6.45, 7) is 6.93. The van der Waals surface area contributed by atoms with Gasteiger partial charge >= 0.3 is 0 Å². The molecule has 25 heavy (non-hydrogen) atoms. The number of carbonyl (C=O) groups is 1. The Morgan fingerprint density at radius 3 is 2.48 bits per heavy atom. The second-order valence-electron chi connectivity index (χ2n) is 8.17. The third-order valence-corrected chi connectivity index (χ3v) is 5.36. The first-order valence-corrected chi connectivity index (χ1v) is 9.24. The molecule has 0 spiro atoms. The van der Waals surface area contributed by atoms with E-state index in [0.29, 0.717) is 11.8 Å². The molecule has 0 radical (unpaired) electrons. The summed E-state index contributed by atoms with van der Waals surface area (Å²) in [6, 6.07) is 14.3. The van der Waals surface area contributed by atoms with E-state index < -0.39 is 0 Å². The zero-order chi connectivity index (χ0) is 17.9. The highest BCUT2D eigenvalue weighted by Crippen LogP contribution is 2.36. The number of hydrazone groups is 1. The predicted molar refractivity (Wildman–Crippen MR) is 105 cm³/mol. The third-order valence-electron chi connectivity index (χ3n) is 5.36. The molecule has 1 aliphatic carbocycles. The van der Waals surface area contributed by atoms with Gasteiger partial charge in [0.1, 0.15) is 0 Å². The van der Waals surface area contributed by atoms with E-state index in [9.17, 15) is 4.79 Å². The average molecular weight is 336 g/mol. The zero-order valence-electron chi connectivity index (χ0n) is 15.5. The van der Waals surface area contributed by atoms with Crippen LogP contribution in [0.1, 0.15) is 52.0 Å². The van der Waals surface area contributed by atoms with Crippen LogP contribution in [0.25, 0.3) is 10.8 Å². The van der Waals surface area contributed by atoms with E-state index in [4.69, 9.17) is 0 Å². The molecule has 1 amide bonds. The molecule has 0 unspecified atom stereocenters. The van der Waals surface area contributed by atoms with Crippen molar-refractivity contribution in [2.75, 3.05) is 0 Å². The lowest BCUT2D eigenvalue weighted by Gasteiger charge is -2.34. The van der Waals surface area contributed by atoms with Crippen LogP contribution < -0.4 is 5.43 Å². The van der Waals surface area contributed by atoms with Crippen molar-refractivity contribution in [3.8, 4) is 0 Å². The van der Waals surface area contributed by atoms with E-state index in [1.165, 1.54) is 18.2 Å². The normalized spacial score (nSPS) is 18.2. The molecule has 0 atom stereocenters. The van der Waals surface area contributed by atoms with Crippen LogP contribution in [0.3, 0.4) is 0 Å². The van der Waals surface area contributed by atoms with Gasteiger partial charge in [-0.15, -0.1) is 0 Å². The number of fused-ring (bicyclic) bond motifs is 1. The first kappa shape index (κ1) is 17.7. The van der Waals surface area contributed by atoms with Crippen molar-refractivity contribution in [3.05, 3.63) is 48.0 Å². The van der Waals surface area contributed by atoms with Crippen LogP contribution in [0.4, 0.5) is 0 Å². The number of benzene rings is 2. The Bertz CT molecular complexity index is 771. The topological polar surface area (TPSA) is 41.5 Å². The van der Waals surface area contributed by atoms with Crippen LogP contribution in [0, 0.1) is 11.3 Å². The number of nitrogens with one attached hydrogen (secondary N) is 1. The summed E-state index contributed by atoms with van der Waals surface area (Å²) in [4.78, 5) is 12.3. The van der Waals surface area contributed by atoms with Gasteiger partial charge < -0.3 is 0 Å². The summed E-state index contributed by atoms with van der Waals surface area (Å²) < 4.78 is 0. The van der Waals surface area contributed by atoms with Gasteiger partial charge in [-0.1, -0.05) is 63.2 Å². The molecule has 1 fully saturated rings. The van der Waals surface area contributed by atoms with Crippen LogP contribution in [0.5, 0.6) is 0 Å². The predicted octanol–water partition coefficient (Wildman–Crippen LogP) is 5.09. The van der Waals surface area contributed by atoms with Crippen LogP contribution >= 0.6 is 0 Å². The Hall–Kier alpha value is -2.16. The maximum atomic E-state index is 12.3. The van der Waals surface area contributed by atoms with E-state index in [-0.39, 0.29) is 5.91 Å².